The number of anilines is 1. The van der Waals surface area contributed by atoms with Gasteiger partial charge < -0.3 is 43.4 Å². The van der Waals surface area contributed by atoms with Gasteiger partial charge in [0.15, 0.2) is 6.23 Å². The fourth-order valence-corrected chi connectivity index (χ4v) is 6.62. The number of methoxy groups -OCH3 is 1. The standard InChI is InChI=1S/C26H35N8O12P/c1-13-6-33(24(36)28-21(13)27)18-5-16(17(44-18)10-40-3)42-9-15-8-32(31-30-15)11-26-12-43-19(20(26)46-47(38,39)41-4)23(45-26)34-7-14(2)22(35)29-25(34)37/h6-8,16-20,23H,5,9-12H2,1-4H3,(H,38,39)(H2,27,28,36)(H,29,35,37)/p-1/t16?,17-,18-,19+,20?,23-,26+/m1/s1. The van der Waals surface area contributed by atoms with E-state index in [4.69, 9.17) is 33.9 Å². The molecule has 0 amide bonds. The van der Waals surface area contributed by atoms with Crippen LogP contribution in [-0.2, 0) is 50.4 Å². The number of aromatic nitrogens is 7. The average molecular weight is 682 g/mol. The van der Waals surface area contributed by atoms with Gasteiger partial charge in [0.25, 0.3) is 13.4 Å². The molecule has 21 heteroatoms. The third-order valence-electron chi connectivity index (χ3n) is 8.32. The summed E-state index contributed by atoms with van der Waals surface area (Å²) >= 11 is 0. The summed E-state index contributed by atoms with van der Waals surface area (Å²) in [6.07, 6.45) is -0.278. The molecule has 2 bridgehead atoms. The predicted octanol–water partition coefficient (Wildman–Crippen LogP) is -1.73. The Morgan fingerprint density at radius 3 is 2.68 bits per heavy atom. The molecule has 3 saturated heterocycles. The molecular weight excluding hydrogens is 647 g/mol. The number of ether oxygens (including phenoxy) is 5. The number of fused-ring (bicyclic) bond motifs is 2. The molecule has 3 aliphatic heterocycles. The first-order valence-electron chi connectivity index (χ1n) is 14.5. The second kappa shape index (κ2) is 12.8. The van der Waals surface area contributed by atoms with Crippen LogP contribution in [0.5, 0.6) is 0 Å². The van der Waals surface area contributed by atoms with E-state index in [0.29, 0.717) is 17.7 Å². The predicted molar refractivity (Wildman–Crippen MR) is 155 cm³/mol. The van der Waals surface area contributed by atoms with Gasteiger partial charge in [-0.2, -0.15) is 4.98 Å². The molecule has 0 aliphatic carbocycles. The molecule has 0 radical (unpaired) electrons. The summed E-state index contributed by atoms with van der Waals surface area (Å²) in [6.45, 7) is 3.26. The second-order valence-corrected chi connectivity index (χ2v) is 13.0. The summed E-state index contributed by atoms with van der Waals surface area (Å²) in [7, 11) is -2.31. The molecule has 20 nitrogen and oxygen atoms in total. The van der Waals surface area contributed by atoms with Crippen molar-refractivity contribution in [3.8, 4) is 0 Å². The maximum atomic E-state index is 12.7. The number of hydrogen-bond donors (Lipinski definition) is 2. The number of nitrogens with zero attached hydrogens (tertiary/aromatic N) is 6. The van der Waals surface area contributed by atoms with Gasteiger partial charge in [0.05, 0.1) is 38.7 Å². The minimum atomic E-state index is -4.79. The molecule has 0 saturated carbocycles. The van der Waals surface area contributed by atoms with Gasteiger partial charge in [0.2, 0.25) is 0 Å². The lowest BCUT2D eigenvalue weighted by molar-refractivity contribution is -0.231. The Balaban J connectivity index is 1.18. The Morgan fingerprint density at radius 2 is 1.94 bits per heavy atom. The molecule has 8 atom stereocenters. The van der Waals surface area contributed by atoms with Crippen LogP contribution in [0.2, 0.25) is 0 Å². The van der Waals surface area contributed by atoms with Crippen molar-refractivity contribution < 1.29 is 42.2 Å². The van der Waals surface area contributed by atoms with E-state index in [0.717, 1.165) is 11.7 Å². The van der Waals surface area contributed by atoms with E-state index in [2.05, 4.69) is 24.8 Å². The zero-order chi connectivity index (χ0) is 33.7. The third-order valence-corrected chi connectivity index (χ3v) is 9.25. The van der Waals surface area contributed by atoms with Gasteiger partial charge in [-0.25, -0.2) is 14.3 Å². The molecule has 6 heterocycles. The van der Waals surface area contributed by atoms with E-state index in [1.54, 1.807) is 19.3 Å². The van der Waals surface area contributed by atoms with Crippen LogP contribution in [0.25, 0.3) is 0 Å². The Kier molecular flexibility index (Phi) is 9.07. The van der Waals surface area contributed by atoms with Crippen LogP contribution in [0, 0.1) is 13.8 Å². The van der Waals surface area contributed by atoms with Crippen molar-refractivity contribution >= 4 is 13.6 Å². The first kappa shape index (κ1) is 33.3. The SMILES string of the molecule is COC[C@H]1O[C@@H](n2cc(C)c(N)nc2=O)CC1OCc1cn(C[C@]23CO[C@@H](C2OP(=O)([O-])OC)[C@H](n2cc(C)c(=O)[nH]c2=O)O3)nn1. The molecule has 3 fully saturated rings. The lowest BCUT2D eigenvalue weighted by atomic mass is 9.99. The maximum Gasteiger partial charge on any atom is 0.351 e. The number of phosphoric acid groups is 1. The largest absolute Gasteiger partial charge is 0.756 e. The first-order valence-corrected chi connectivity index (χ1v) is 16.0. The lowest BCUT2D eigenvalue weighted by Gasteiger charge is -2.33. The fourth-order valence-electron chi connectivity index (χ4n) is 5.94. The van der Waals surface area contributed by atoms with Crippen LogP contribution >= 0.6 is 7.82 Å². The number of rotatable bonds is 12. The number of nitrogens with two attached hydrogens (primary N) is 1. The number of hydrogen-bond acceptors (Lipinski definition) is 16. The van der Waals surface area contributed by atoms with Crippen molar-refractivity contribution in [2.75, 3.05) is 33.2 Å². The average Bonchev–Trinajstić information content (AvgIpc) is 3.78. The summed E-state index contributed by atoms with van der Waals surface area (Å²) in [5.74, 6) is 0.144. The molecule has 3 unspecified atom stereocenters. The number of aryl methyl sites for hydroxylation is 2. The molecular formula is C26H34N8O12P-. The number of aromatic amines is 1. The highest BCUT2D eigenvalue weighted by atomic mass is 31.2. The number of H-pyrrole nitrogens is 1. The van der Waals surface area contributed by atoms with E-state index in [9.17, 15) is 23.8 Å². The smallest absolute Gasteiger partial charge is 0.351 e. The van der Waals surface area contributed by atoms with Crippen molar-refractivity contribution in [3.63, 3.8) is 0 Å². The zero-order valence-electron chi connectivity index (χ0n) is 25.8. The highest BCUT2D eigenvalue weighted by Crippen LogP contribution is 2.53. The summed E-state index contributed by atoms with van der Waals surface area (Å²) in [5.41, 5.74) is 3.70. The van der Waals surface area contributed by atoms with Gasteiger partial charge in [0, 0.05) is 44.2 Å². The molecule has 47 heavy (non-hydrogen) atoms. The van der Waals surface area contributed by atoms with Crippen molar-refractivity contribution in [1.29, 1.82) is 0 Å². The van der Waals surface area contributed by atoms with E-state index in [1.807, 2.05) is 0 Å². The van der Waals surface area contributed by atoms with Gasteiger partial charge in [-0.1, -0.05) is 5.21 Å². The van der Waals surface area contributed by atoms with Crippen molar-refractivity contribution in [2.24, 2.45) is 0 Å². The Labute approximate surface area is 265 Å². The molecule has 6 rings (SSSR count). The fraction of sp³-hybridized carbons (Fsp3) is 0.615. The van der Waals surface area contributed by atoms with Crippen LogP contribution in [0.3, 0.4) is 0 Å². The lowest BCUT2D eigenvalue weighted by Crippen LogP contribution is -2.46. The quantitative estimate of drug-likeness (QED) is 0.201. The Bertz CT molecular complexity index is 1860. The van der Waals surface area contributed by atoms with E-state index in [-0.39, 0.29) is 37.7 Å². The molecule has 3 N–H and O–H groups in total. The molecule has 3 aromatic rings. The van der Waals surface area contributed by atoms with Crippen LogP contribution in [0.15, 0.2) is 33.0 Å². The van der Waals surface area contributed by atoms with E-state index >= 15 is 0 Å². The van der Waals surface area contributed by atoms with Crippen LogP contribution in [-0.4, -0.2) is 91.5 Å². The maximum absolute atomic E-state index is 12.7. The van der Waals surface area contributed by atoms with E-state index in [1.165, 1.54) is 29.5 Å². The van der Waals surface area contributed by atoms with Crippen LogP contribution in [0.1, 0.15) is 35.7 Å². The second-order valence-electron chi connectivity index (χ2n) is 11.6. The number of phosphoric ester groups is 1. The van der Waals surface area contributed by atoms with Gasteiger partial charge >= 0.3 is 11.4 Å². The number of nitrogens with one attached hydrogen (secondary N) is 1. The zero-order valence-corrected chi connectivity index (χ0v) is 26.7. The van der Waals surface area contributed by atoms with Crippen molar-refractivity contribution in [3.05, 3.63) is 66.7 Å². The molecule has 3 aromatic heterocycles. The molecule has 0 spiro atoms. The molecule has 3 aliphatic rings. The minimum absolute atomic E-state index is 0.00982. The van der Waals surface area contributed by atoms with Gasteiger partial charge in [-0.15, -0.1) is 5.10 Å². The van der Waals surface area contributed by atoms with Crippen LogP contribution < -0.4 is 27.6 Å². The van der Waals surface area contributed by atoms with Gasteiger partial charge in [0.1, 0.15) is 41.7 Å². The minimum Gasteiger partial charge on any atom is -0.756 e. The highest BCUT2D eigenvalue weighted by molar-refractivity contribution is 7.45. The summed E-state index contributed by atoms with van der Waals surface area (Å²) in [5, 5.41) is 8.33. The molecule has 256 valence electrons. The highest BCUT2D eigenvalue weighted by Gasteiger charge is 2.64. The van der Waals surface area contributed by atoms with Crippen molar-refractivity contribution in [1.82, 2.24) is 34.1 Å². The number of nitrogen functional groups attached to an aromatic ring is 1. The summed E-state index contributed by atoms with van der Waals surface area (Å²) in [4.78, 5) is 55.5. The van der Waals surface area contributed by atoms with Crippen LogP contribution in [0.4, 0.5) is 5.82 Å². The van der Waals surface area contributed by atoms with E-state index < -0.39 is 67.2 Å². The van der Waals surface area contributed by atoms with Crippen molar-refractivity contribution in [2.45, 2.75) is 75.9 Å². The summed E-state index contributed by atoms with van der Waals surface area (Å²) in [6, 6.07) is 0. The first-order chi connectivity index (χ1) is 22.3. The monoisotopic (exact) mass is 681 g/mol. The molecule has 0 aromatic carbocycles. The summed E-state index contributed by atoms with van der Waals surface area (Å²) < 4.78 is 55.8. The Morgan fingerprint density at radius 1 is 1.17 bits per heavy atom. The van der Waals surface area contributed by atoms with Gasteiger partial charge in [-0.05, 0) is 13.8 Å². The third kappa shape index (κ3) is 6.48. The Hall–Kier alpha value is -3.59. The van der Waals surface area contributed by atoms with Gasteiger partial charge in [-0.3, -0.25) is 23.5 Å². The topological polar surface area (TPSA) is 251 Å². The normalized spacial score (nSPS) is 29.8.